The molecule has 1 aromatic heterocycles. The molecule has 0 unspecified atom stereocenters. The van der Waals surface area contributed by atoms with Gasteiger partial charge in [0.2, 0.25) is 5.13 Å². The van der Waals surface area contributed by atoms with Gasteiger partial charge in [-0.25, -0.2) is 0 Å². The number of allylic oxidation sites excluding steroid dienone is 3. The van der Waals surface area contributed by atoms with Crippen LogP contribution >= 0.6 is 11.3 Å². The second-order valence-corrected chi connectivity index (χ2v) is 11.6. The Morgan fingerprint density at radius 2 is 1.68 bits per heavy atom. The number of fused-ring (bicyclic) bond motifs is 1. The quantitative estimate of drug-likeness (QED) is 0.177. The number of azo groups is 1. The standard InChI is InChI=1S/C30H29N8OS/c1-36(2)22-11-9-21(10-12-22)34-35-30-33-29(37-13-15-38(3,4)16-14-37)26(40-30)17-25-27(20(18-31)19-32)23-7-5-6-8-24(23)28(25)39/h5-12,17H,13-16H2,1-4H3/q+1/b25-17-,35-34?. The molecule has 0 saturated carbocycles. The topological polar surface area (TPSA) is 109 Å². The third-order valence-corrected chi connectivity index (χ3v) is 8.07. The van der Waals surface area contributed by atoms with Gasteiger partial charge in [-0.05, 0) is 35.9 Å². The van der Waals surface area contributed by atoms with Crippen LogP contribution in [0.1, 0.15) is 20.8 Å². The molecule has 200 valence electrons. The van der Waals surface area contributed by atoms with Crippen molar-refractivity contribution in [2.45, 2.75) is 0 Å². The Morgan fingerprint density at radius 1 is 1.02 bits per heavy atom. The molecule has 0 atom stereocenters. The molecule has 0 amide bonds. The van der Waals surface area contributed by atoms with Crippen molar-refractivity contribution in [1.29, 1.82) is 10.5 Å². The zero-order valence-electron chi connectivity index (χ0n) is 22.9. The third-order valence-electron chi connectivity index (χ3n) is 7.19. The van der Waals surface area contributed by atoms with Crippen LogP contribution in [0.15, 0.2) is 69.9 Å². The van der Waals surface area contributed by atoms with E-state index in [0.717, 1.165) is 47.0 Å². The fraction of sp³-hybridized carbons (Fsp3) is 0.267. The van der Waals surface area contributed by atoms with Crippen molar-refractivity contribution in [3.05, 3.63) is 75.7 Å². The van der Waals surface area contributed by atoms with Gasteiger partial charge in [0, 0.05) is 36.5 Å². The van der Waals surface area contributed by atoms with Crippen molar-refractivity contribution in [1.82, 2.24) is 4.98 Å². The average Bonchev–Trinajstić information content (AvgIpc) is 3.47. The number of nitrogens with zero attached hydrogens (tertiary/aromatic N) is 8. The predicted molar refractivity (Wildman–Crippen MR) is 158 cm³/mol. The first kappa shape index (κ1) is 26.9. The second-order valence-electron chi connectivity index (χ2n) is 10.6. The lowest BCUT2D eigenvalue weighted by molar-refractivity contribution is -0.890. The number of hydrogen-bond donors (Lipinski definition) is 0. The van der Waals surface area contributed by atoms with Gasteiger partial charge in [-0.3, -0.25) is 4.79 Å². The molecule has 3 aromatic rings. The van der Waals surface area contributed by atoms with Crippen LogP contribution in [0.4, 0.5) is 22.3 Å². The van der Waals surface area contributed by atoms with E-state index in [-0.39, 0.29) is 11.4 Å². The van der Waals surface area contributed by atoms with Crippen LogP contribution in [0, 0.1) is 22.7 Å². The molecule has 2 heterocycles. The number of anilines is 2. The van der Waals surface area contributed by atoms with Crippen molar-refractivity contribution >= 4 is 51.1 Å². The molecule has 0 radical (unpaired) electrons. The fourth-order valence-electron chi connectivity index (χ4n) is 4.79. The van der Waals surface area contributed by atoms with E-state index in [9.17, 15) is 15.3 Å². The predicted octanol–water partition coefficient (Wildman–Crippen LogP) is 5.60. The van der Waals surface area contributed by atoms with E-state index in [1.165, 1.54) is 11.3 Å². The Morgan fingerprint density at radius 3 is 2.30 bits per heavy atom. The highest BCUT2D eigenvalue weighted by molar-refractivity contribution is 7.16. The number of Topliss-reactive ketones (excluding diaryl/α,β-unsaturated/α-hetero) is 1. The molecular weight excluding hydrogens is 520 g/mol. The van der Waals surface area contributed by atoms with Crippen LogP contribution < -0.4 is 9.80 Å². The van der Waals surface area contributed by atoms with Crippen molar-refractivity contribution in [3.8, 4) is 12.1 Å². The number of rotatable bonds is 5. The molecule has 1 saturated heterocycles. The highest BCUT2D eigenvalue weighted by atomic mass is 32.1. The molecule has 0 bridgehead atoms. The summed E-state index contributed by atoms with van der Waals surface area (Å²) in [6.07, 6.45) is 1.76. The Labute approximate surface area is 237 Å². The second kappa shape index (κ2) is 10.9. The minimum Gasteiger partial charge on any atom is -0.378 e. The Bertz CT molecular complexity index is 1620. The number of thiazole rings is 1. The Hall–Kier alpha value is -4.64. The average molecular weight is 550 g/mol. The number of aromatic nitrogens is 1. The van der Waals surface area contributed by atoms with Crippen LogP contribution in [0.3, 0.4) is 0 Å². The first-order valence-electron chi connectivity index (χ1n) is 12.9. The van der Waals surface area contributed by atoms with Gasteiger partial charge in [0.1, 0.15) is 23.5 Å². The third kappa shape index (κ3) is 5.28. The number of hydrogen-bond acceptors (Lipinski definition) is 9. The van der Waals surface area contributed by atoms with E-state index in [4.69, 9.17) is 4.98 Å². The summed E-state index contributed by atoms with van der Waals surface area (Å²) in [6.45, 7) is 3.50. The summed E-state index contributed by atoms with van der Waals surface area (Å²) in [7, 11) is 8.38. The molecule has 0 spiro atoms. The molecule has 5 rings (SSSR count). The fourth-order valence-corrected chi connectivity index (χ4v) is 5.64. The maximum Gasteiger partial charge on any atom is 0.232 e. The van der Waals surface area contributed by atoms with Crippen molar-refractivity contribution in [2.24, 2.45) is 10.2 Å². The van der Waals surface area contributed by atoms with E-state index in [2.05, 4.69) is 29.2 Å². The minimum absolute atomic E-state index is 0.0891. The largest absolute Gasteiger partial charge is 0.378 e. The maximum atomic E-state index is 13.5. The number of quaternary nitrogens is 1. The summed E-state index contributed by atoms with van der Waals surface area (Å²) in [5.41, 5.74) is 3.45. The number of nitriles is 2. The number of carbonyl (C=O) groups is 1. The van der Waals surface area contributed by atoms with Crippen molar-refractivity contribution in [3.63, 3.8) is 0 Å². The van der Waals surface area contributed by atoms with Gasteiger partial charge in [0.05, 0.1) is 50.8 Å². The van der Waals surface area contributed by atoms with Gasteiger partial charge >= 0.3 is 0 Å². The Balaban J connectivity index is 1.58. The molecule has 2 aliphatic rings. The molecule has 40 heavy (non-hydrogen) atoms. The molecule has 9 nitrogen and oxygen atoms in total. The van der Waals surface area contributed by atoms with Crippen molar-refractivity contribution in [2.75, 3.05) is 64.2 Å². The summed E-state index contributed by atoms with van der Waals surface area (Å²) in [4.78, 5) is 23.3. The summed E-state index contributed by atoms with van der Waals surface area (Å²) in [6, 6.07) is 18.8. The molecule has 10 heteroatoms. The zero-order valence-corrected chi connectivity index (χ0v) is 23.7. The monoisotopic (exact) mass is 549 g/mol. The number of benzene rings is 2. The van der Waals surface area contributed by atoms with Crippen LogP contribution in [-0.2, 0) is 0 Å². The van der Waals surface area contributed by atoms with E-state index in [1.54, 1.807) is 30.3 Å². The molecule has 1 fully saturated rings. The van der Waals surface area contributed by atoms with E-state index < -0.39 is 0 Å². The summed E-state index contributed by atoms with van der Waals surface area (Å²) < 4.78 is 0.918. The first-order valence-corrected chi connectivity index (χ1v) is 13.7. The number of carbonyl (C=O) groups excluding carboxylic acids is 1. The van der Waals surface area contributed by atoms with Crippen LogP contribution in [0.25, 0.3) is 11.6 Å². The maximum absolute atomic E-state index is 13.5. The number of likely N-dealkylation sites (N-methyl/N-ethyl adjacent to an activating group) is 1. The Kier molecular flexibility index (Phi) is 7.31. The summed E-state index contributed by atoms with van der Waals surface area (Å²) >= 11 is 1.33. The van der Waals surface area contributed by atoms with Gasteiger partial charge in [0.25, 0.3) is 0 Å². The molecule has 1 aliphatic carbocycles. The van der Waals surface area contributed by atoms with E-state index >= 15 is 0 Å². The van der Waals surface area contributed by atoms with E-state index in [1.807, 2.05) is 55.4 Å². The van der Waals surface area contributed by atoms with Gasteiger partial charge in [-0.1, -0.05) is 35.6 Å². The van der Waals surface area contributed by atoms with Crippen molar-refractivity contribution < 1.29 is 9.28 Å². The number of ketones is 1. The molecule has 1 aliphatic heterocycles. The highest BCUT2D eigenvalue weighted by Crippen LogP contribution is 2.42. The van der Waals surface area contributed by atoms with Crippen LogP contribution in [-0.4, -0.2) is 69.6 Å². The number of piperazine rings is 1. The highest BCUT2D eigenvalue weighted by Gasteiger charge is 2.34. The lowest BCUT2D eigenvalue weighted by Crippen LogP contribution is -2.55. The van der Waals surface area contributed by atoms with Crippen LogP contribution in [0.2, 0.25) is 0 Å². The lowest BCUT2D eigenvalue weighted by Gasteiger charge is -2.39. The van der Waals surface area contributed by atoms with Gasteiger partial charge < -0.3 is 14.3 Å². The SMILES string of the molecule is CN(C)c1ccc(N=Nc2nc(N3CC[N+](C)(C)CC3)c(/C=C3\C(=O)c4ccccc4C3=C(C#N)C#N)s2)cc1. The smallest absolute Gasteiger partial charge is 0.232 e. The molecule has 0 N–H and O–H groups in total. The van der Waals surface area contributed by atoms with E-state index in [0.29, 0.717) is 33.1 Å². The lowest BCUT2D eigenvalue weighted by atomic mass is 9.99. The van der Waals surface area contributed by atoms with Gasteiger partial charge in [0.15, 0.2) is 5.78 Å². The summed E-state index contributed by atoms with van der Waals surface area (Å²) in [5, 5.41) is 28.7. The van der Waals surface area contributed by atoms with Gasteiger partial charge in [-0.2, -0.15) is 15.5 Å². The normalized spacial score (nSPS) is 17.1. The zero-order chi connectivity index (χ0) is 28.4. The van der Waals surface area contributed by atoms with Gasteiger partial charge in [-0.15, -0.1) is 10.2 Å². The molecule has 2 aromatic carbocycles. The first-order chi connectivity index (χ1) is 19.2. The van der Waals surface area contributed by atoms with Crippen LogP contribution in [0.5, 0.6) is 0 Å². The summed E-state index contributed by atoms with van der Waals surface area (Å²) in [5.74, 6) is 0.515. The minimum atomic E-state index is -0.214. The molecular formula is C30H29N8OS+.